The van der Waals surface area contributed by atoms with Crippen LogP contribution in [0.25, 0.3) is 11.1 Å². The van der Waals surface area contributed by atoms with Crippen LogP contribution in [0.1, 0.15) is 11.1 Å². The van der Waals surface area contributed by atoms with Crippen LogP contribution in [0, 0.1) is 13.8 Å². The van der Waals surface area contributed by atoms with Crippen molar-refractivity contribution >= 4 is 0 Å². The van der Waals surface area contributed by atoms with Crippen molar-refractivity contribution in [3.8, 4) is 11.1 Å². The topological polar surface area (TPSA) is 17.1 Å². The van der Waals surface area contributed by atoms with Gasteiger partial charge in [0.1, 0.15) is 0 Å². The molecule has 0 heterocycles. The molecule has 0 bridgehead atoms. The van der Waals surface area contributed by atoms with Gasteiger partial charge in [0, 0.05) is 5.56 Å². The first kappa shape index (κ1) is 10.6. The van der Waals surface area contributed by atoms with Crippen LogP contribution in [0.5, 0.6) is 0 Å². The predicted molar refractivity (Wildman–Crippen MR) is 67.6 cm³/mol. The summed E-state index contributed by atoms with van der Waals surface area (Å²) in [5, 5.41) is 0. The Balaban J connectivity index is 2.74. The average molecular weight is 210 g/mol. The Kier molecular flexibility index (Phi) is 2.86. The van der Waals surface area contributed by atoms with Gasteiger partial charge in [0.25, 0.3) is 0 Å². The summed E-state index contributed by atoms with van der Waals surface area (Å²) in [6.45, 7) is 4.11. The summed E-state index contributed by atoms with van der Waals surface area (Å²) >= 11 is 0. The lowest BCUT2D eigenvalue weighted by Crippen LogP contribution is -2.00. The first-order valence-electron chi connectivity index (χ1n) is 5.36. The van der Waals surface area contributed by atoms with Crippen LogP contribution in [0.3, 0.4) is 0 Å². The Bertz CT molecular complexity index is 570. The van der Waals surface area contributed by atoms with Gasteiger partial charge in [-0.3, -0.25) is 4.79 Å². The summed E-state index contributed by atoms with van der Waals surface area (Å²) in [6, 6.07) is 15.1. The highest BCUT2D eigenvalue weighted by Gasteiger charge is 2.05. The fraction of sp³-hybridized carbons (Fsp3) is 0.133. The lowest BCUT2D eigenvalue weighted by molar-refractivity contribution is 1.34. The molecule has 16 heavy (non-hydrogen) atoms. The number of hydrogen-bond acceptors (Lipinski definition) is 1. The summed E-state index contributed by atoms with van der Waals surface area (Å²) in [6.07, 6.45) is 0. The van der Waals surface area contributed by atoms with E-state index in [2.05, 4.69) is 19.9 Å². The van der Waals surface area contributed by atoms with Gasteiger partial charge in [-0.1, -0.05) is 42.5 Å². The predicted octanol–water partition coefficient (Wildman–Crippen LogP) is 3.33. The number of benzene rings is 1. The quantitative estimate of drug-likeness (QED) is 0.705. The molecule has 2 aromatic rings. The molecule has 2 rings (SSSR count). The van der Waals surface area contributed by atoms with Gasteiger partial charge in [-0.2, -0.15) is 0 Å². The lowest BCUT2D eigenvalue weighted by Gasteiger charge is -2.06. The molecule has 0 saturated carbocycles. The van der Waals surface area contributed by atoms with E-state index in [1.807, 2.05) is 30.3 Å². The molecular weight excluding hydrogens is 196 g/mol. The molecule has 0 aliphatic carbocycles. The molecule has 0 aromatic heterocycles. The third-order valence-electron chi connectivity index (χ3n) is 2.89. The van der Waals surface area contributed by atoms with Crippen molar-refractivity contribution in [1.29, 1.82) is 0 Å². The largest absolute Gasteiger partial charge is 0.289 e. The Morgan fingerprint density at radius 2 is 1.44 bits per heavy atom. The standard InChI is InChI=1S/C15H14O/c1-11-7-6-9-13(12(11)2)14-8-4-3-5-10-15(14)16/h3-10H,1-2H3. The van der Waals surface area contributed by atoms with Crippen molar-refractivity contribution in [2.24, 2.45) is 0 Å². The minimum atomic E-state index is 0.0682. The molecule has 1 nitrogen and oxygen atoms in total. The Morgan fingerprint density at radius 1 is 0.750 bits per heavy atom. The first-order valence-corrected chi connectivity index (χ1v) is 5.36. The summed E-state index contributed by atoms with van der Waals surface area (Å²) in [4.78, 5) is 11.9. The van der Waals surface area contributed by atoms with Gasteiger partial charge in [0.2, 0.25) is 0 Å². The molecule has 80 valence electrons. The zero-order valence-corrected chi connectivity index (χ0v) is 9.53. The van der Waals surface area contributed by atoms with Crippen molar-refractivity contribution in [2.75, 3.05) is 0 Å². The number of rotatable bonds is 1. The second-order valence-electron chi connectivity index (χ2n) is 3.94. The summed E-state index contributed by atoms with van der Waals surface area (Å²) < 4.78 is 0. The van der Waals surface area contributed by atoms with E-state index in [0.717, 1.165) is 11.1 Å². The van der Waals surface area contributed by atoms with Gasteiger partial charge < -0.3 is 0 Å². The highest BCUT2D eigenvalue weighted by molar-refractivity contribution is 5.67. The Labute approximate surface area is 95.4 Å². The highest BCUT2D eigenvalue weighted by atomic mass is 16.1. The third kappa shape index (κ3) is 1.89. The molecule has 0 spiro atoms. The van der Waals surface area contributed by atoms with Crippen LogP contribution in [-0.2, 0) is 0 Å². The van der Waals surface area contributed by atoms with E-state index in [-0.39, 0.29) is 5.43 Å². The molecule has 2 aromatic carbocycles. The van der Waals surface area contributed by atoms with Crippen LogP contribution in [0.4, 0.5) is 0 Å². The summed E-state index contributed by atoms with van der Waals surface area (Å²) in [7, 11) is 0. The summed E-state index contributed by atoms with van der Waals surface area (Å²) in [5.41, 5.74) is 4.25. The second-order valence-corrected chi connectivity index (χ2v) is 3.94. The van der Waals surface area contributed by atoms with Crippen LogP contribution >= 0.6 is 0 Å². The molecule has 1 heteroatoms. The third-order valence-corrected chi connectivity index (χ3v) is 2.89. The maximum Gasteiger partial charge on any atom is 0.186 e. The number of hydrogen-bond donors (Lipinski definition) is 0. The van der Waals surface area contributed by atoms with Crippen LogP contribution in [0.15, 0.2) is 53.3 Å². The molecule has 0 aliphatic heterocycles. The minimum absolute atomic E-state index is 0.0682. The van der Waals surface area contributed by atoms with Gasteiger partial charge in [0.05, 0.1) is 0 Å². The van der Waals surface area contributed by atoms with E-state index in [1.165, 1.54) is 11.1 Å². The molecule has 0 amide bonds. The maximum atomic E-state index is 11.9. The van der Waals surface area contributed by atoms with Gasteiger partial charge in [-0.25, -0.2) is 0 Å². The minimum Gasteiger partial charge on any atom is -0.289 e. The smallest absolute Gasteiger partial charge is 0.186 e. The molecule has 0 unspecified atom stereocenters. The molecule has 0 atom stereocenters. The average Bonchev–Trinajstić information content (AvgIpc) is 2.47. The van der Waals surface area contributed by atoms with Crippen LogP contribution < -0.4 is 5.43 Å². The zero-order valence-electron chi connectivity index (χ0n) is 9.53. The molecule has 0 aliphatic rings. The molecular formula is C15H14O. The van der Waals surface area contributed by atoms with Crippen molar-refractivity contribution < 1.29 is 0 Å². The molecule has 0 fully saturated rings. The van der Waals surface area contributed by atoms with E-state index in [9.17, 15) is 4.79 Å². The summed E-state index contributed by atoms with van der Waals surface area (Å²) in [5.74, 6) is 0. The van der Waals surface area contributed by atoms with Crippen molar-refractivity contribution in [2.45, 2.75) is 13.8 Å². The second kappa shape index (κ2) is 4.31. The van der Waals surface area contributed by atoms with E-state index < -0.39 is 0 Å². The van der Waals surface area contributed by atoms with Crippen molar-refractivity contribution in [3.63, 3.8) is 0 Å². The molecule has 0 saturated heterocycles. The van der Waals surface area contributed by atoms with Crippen molar-refractivity contribution in [1.82, 2.24) is 0 Å². The number of aryl methyl sites for hydroxylation is 1. The highest BCUT2D eigenvalue weighted by Crippen LogP contribution is 2.22. The normalized spacial score (nSPS) is 10.1. The SMILES string of the molecule is Cc1cccc(-c2cccccc2=O)c1C. The monoisotopic (exact) mass is 210 g/mol. The molecule has 0 radical (unpaired) electrons. The zero-order chi connectivity index (χ0) is 11.5. The lowest BCUT2D eigenvalue weighted by atomic mass is 9.98. The Hall–Kier alpha value is -1.89. The fourth-order valence-corrected chi connectivity index (χ4v) is 1.80. The Morgan fingerprint density at radius 3 is 2.25 bits per heavy atom. The van der Waals surface area contributed by atoms with E-state index in [1.54, 1.807) is 12.1 Å². The molecule has 0 N–H and O–H groups in total. The van der Waals surface area contributed by atoms with Gasteiger partial charge in [0.15, 0.2) is 5.43 Å². The van der Waals surface area contributed by atoms with E-state index >= 15 is 0 Å². The van der Waals surface area contributed by atoms with Crippen LogP contribution in [0.2, 0.25) is 0 Å². The van der Waals surface area contributed by atoms with E-state index in [0.29, 0.717) is 0 Å². The van der Waals surface area contributed by atoms with E-state index in [4.69, 9.17) is 0 Å². The van der Waals surface area contributed by atoms with Gasteiger partial charge in [-0.05, 0) is 36.6 Å². The van der Waals surface area contributed by atoms with Crippen LogP contribution in [-0.4, -0.2) is 0 Å². The fourth-order valence-electron chi connectivity index (χ4n) is 1.80. The maximum absolute atomic E-state index is 11.9. The van der Waals surface area contributed by atoms with Gasteiger partial charge in [-0.15, -0.1) is 0 Å². The first-order chi connectivity index (χ1) is 7.70. The van der Waals surface area contributed by atoms with Gasteiger partial charge >= 0.3 is 0 Å². The van der Waals surface area contributed by atoms with Crippen molar-refractivity contribution in [3.05, 3.63) is 69.9 Å².